The van der Waals surface area contributed by atoms with Crippen LogP contribution in [-0.4, -0.2) is 19.6 Å². The quantitative estimate of drug-likeness (QED) is 0.169. The van der Waals surface area contributed by atoms with E-state index in [0.717, 1.165) is 94.4 Å². The van der Waals surface area contributed by atoms with E-state index in [-0.39, 0.29) is 37.6 Å². The number of para-hydroxylation sites is 2. The number of benzene rings is 7. The van der Waals surface area contributed by atoms with Gasteiger partial charge in [0, 0.05) is 54.4 Å². The van der Waals surface area contributed by atoms with Crippen molar-refractivity contribution in [3.05, 3.63) is 181 Å². The molecule has 0 atom stereocenters. The van der Waals surface area contributed by atoms with Crippen LogP contribution in [0, 0.1) is 6.07 Å². The van der Waals surface area contributed by atoms with Crippen molar-refractivity contribution in [1.82, 2.24) is 14.5 Å². The van der Waals surface area contributed by atoms with Gasteiger partial charge in [-0.2, -0.15) is 0 Å². The average Bonchev–Trinajstić information content (AvgIpc) is 3.85. The predicted molar refractivity (Wildman–Crippen MR) is 251 cm³/mol. The molecule has 6 heteroatoms. The predicted octanol–water partition coefficient (Wildman–Crippen LogP) is 14.8. The molecule has 0 aliphatic carbocycles. The minimum Gasteiger partial charge on any atom is -0.507 e. The number of nitrogens with zero attached hydrogens (tertiary/aromatic N) is 3. The summed E-state index contributed by atoms with van der Waals surface area (Å²) in [5.74, 6) is 0.970. The molecule has 0 bridgehead atoms. The first-order valence-electron chi connectivity index (χ1n) is 20.9. The van der Waals surface area contributed by atoms with Gasteiger partial charge in [-0.25, -0.2) is 4.98 Å². The first-order chi connectivity index (χ1) is 29.4. The third kappa shape index (κ3) is 7.15. The van der Waals surface area contributed by atoms with Crippen LogP contribution in [-0.2, 0) is 31.9 Å². The number of pyridine rings is 1. The van der Waals surface area contributed by atoms with Crippen LogP contribution in [0.1, 0.15) is 52.7 Å². The fraction of sp³-hybridized carbons (Fsp3) is 0.143. The monoisotopic (exact) mass is 987 g/mol. The van der Waals surface area contributed by atoms with Gasteiger partial charge in [0.15, 0.2) is 0 Å². The zero-order chi connectivity index (χ0) is 42.0. The normalized spacial score (nSPS) is 12.0. The molecule has 10 aromatic rings. The number of rotatable bonds is 6. The number of hydrogen-bond donors (Lipinski definition) is 1. The summed E-state index contributed by atoms with van der Waals surface area (Å²) < 4.78 is 9.08. The maximum Gasteiger partial charge on any atom is 0.128 e. The average molecular weight is 988 g/mol. The standard InChI is InChI=1S/C56H46N3O2.Pt/c1-55(2,3)38-33-44(52(60)45(34-38)56(4,5)6)47-27-17-26-46(57-47)42-24-16-29-49-51(42)58-54(59(49)48-28-14-13-22-39(48)36-20-11-8-12-21-36)43-25-15-23-41-40-31-30-37(32-50(40)61-53(41)43)35-18-9-7-10-19-35;/h7-24,26-34,60H,1-6H3;/q-1;. The summed E-state index contributed by atoms with van der Waals surface area (Å²) in [6, 6.07) is 59.9. The van der Waals surface area contributed by atoms with Gasteiger partial charge < -0.3 is 14.1 Å². The van der Waals surface area contributed by atoms with Crippen LogP contribution in [0.3, 0.4) is 0 Å². The van der Waals surface area contributed by atoms with E-state index in [1.54, 1.807) is 0 Å². The molecule has 0 aliphatic rings. The molecule has 3 heterocycles. The summed E-state index contributed by atoms with van der Waals surface area (Å²) in [5, 5.41) is 13.9. The van der Waals surface area contributed by atoms with Crippen LogP contribution in [0.4, 0.5) is 0 Å². The second kappa shape index (κ2) is 15.7. The first kappa shape index (κ1) is 40.8. The molecule has 0 fully saturated rings. The van der Waals surface area contributed by atoms with Crippen LogP contribution < -0.4 is 0 Å². The number of imidazole rings is 1. The Morgan fingerprint density at radius 2 is 1.23 bits per heavy atom. The summed E-state index contributed by atoms with van der Waals surface area (Å²) in [6.45, 7) is 13.0. The SMILES string of the molecule is CC(C)(C)c1cc(-c2cccc(-c3cccc4c3nc(-c3[c-]ccc5c3oc3cc(-c6ccccc6)ccc35)n4-c3ccccc3-c3ccccc3)n2)c(O)c(C(C)(C)C)c1.[Pt]. The van der Waals surface area contributed by atoms with E-state index >= 15 is 0 Å². The largest absolute Gasteiger partial charge is 0.507 e. The van der Waals surface area contributed by atoms with Gasteiger partial charge >= 0.3 is 0 Å². The Hall–Kier alpha value is -6.55. The Labute approximate surface area is 377 Å². The molecule has 5 nitrogen and oxygen atoms in total. The van der Waals surface area contributed by atoms with Gasteiger partial charge in [-0.3, -0.25) is 4.98 Å². The Morgan fingerprint density at radius 1 is 0.565 bits per heavy atom. The van der Waals surface area contributed by atoms with Crippen molar-refractivity contribution >= 4 is 33.0 Å². The second-order valence-corrected chi connectivity index (χ2v) is 17.9. The smallest absolute Gasteiger partial charge is 0.128 e. The zero-order valence-corrected chi connectivity index (χ0v) is 37.9. The van der Waals surface area contributed by atoms with Crippen LogP contribution in [0.5, 0.6) is 5.75 Å². The number of phenolic OH excluding ortho intramolecular Hbond substituents is 1. The fourth-order valence-corrected chi connectivity index (χ4v) is 8.53. The van der Waals surface area contributed by atoms with Crippen LogP contribution in [0.25, 0.3) is 94.8 Å². The van der Waals surface area contributed by atoms with E-state index in [1.807, 2.05) is 36.4 Å². The number of hydrogen-bond acceptors (Lipinski definition) is 4. The molecule has 0 amide bonds. The van der Waals surface area contributed by atoms with E-state index in [1.165, 1.54) is 0 Å². The van der Waals surface area contributed by atoms with Crippen molar-refractivity contribution in [3.63, 3.8) is 0 Å². The molecule has 0 saturated carbocycles. The Kier molecular flexibility index (Phi) is 10.4. The van der Waals surface area contributed by atoms with Gasteiger partial charge in [0.25, 0.3) is 0 Å². The molecular formula is C56H46N3O2Pt-. The molecule has 62 heavy (non-hydrogen) atoms. The molecule has 10 rings (SSSR count). The molecule has 7 aromatic carbocycles. The summed E-state index contributed by atoms with van der Waals surface area (Å²) in [6.07, 6.45) is 0. The van der Waals surface area contributed by atoms with Crippen molar-refractivity contribution in [1.29, 1.82) is 0 Å². The van der Waals surface area contributed by atoms with Gasteiger partial charge in [0.05, 0.1) is 33.8 Å². The first-order valence-corrected chi connectivity index (χ1v) is 20.9. The zero-order valence-electron chi connectivity index (χ0n) is 35.6. The molecule has 0 saturated heterocycles. The minimum atomic E-state index is -0.271. The van der Waals surface area contributed by atoms with E-state index in [4.69, 9.17) is 14.4 Å². The van der Waals surface area contributed by atoms with Crippen molar-refractivity contribution in [2.45, 2.75) is 52.4 Å². The number of aromatic hydroxyl groups is 1. The van der Waals surface area contributed by atoms with Gasteiger partial charge in [0.1, 0.15) is 11.3 Å². The fourth-order valence-electron chi connectivity index (χ4n) is 8.53. The van der Waals surface area contributed by atoms with Crippen LogP contribution >= 0.6 is 0 Å². The Morgan fingerprint density at radius 3 is 1.95 bits per heavy atom. The summed E-state index contributed by atoms with van der Waals surface area (Å²) in [7, 11) is 0. The number of phenols is 1. The second-order valence-electron chi connectivity index (χ2n) is 17.9. The minimum absolute atomic E-state index is 0. The van der Waals surface area contributed by atoms with E-state index in [9.17, 15) is 5.11 Å². The summed E-state index contributed by atoms with van der Waals surface area (Å²) >= 11 is 0. The van der Waals surface area contributed by atoms with Gasteiger partial charge in [0.2, 0.25) is 0 Å². The third-order valence-electron chi connectivity index (χ3n) is 11.8. The topological polar surface area (TPSA) is 64.1 Å². The summed E-state index contributed by atoms with van der Waals surface area (Å²) in [5.41, 5.74) is 14.1. The van der Waals surface area contributed by atoms with E-state index in [0.29, 0.717) is 11.5 Å². The maximum atomic E-state index is 11.9. The third-order valence-corrected chi connectivity index (χ3v) is 11.8. The molecule has 0 radical (unpaired) electrons. The molecule has 1 N–H and O–H groups in total. The van der Waals surface area contributed by atoms with Crippen LogP contribution in [0.2, 0.25) is 0 Å². The summed E-state index contributed by atoms with van der Waals surface area (Å²) in [4.78, 5) is 10.8. The van der Waals surface area contributed by atoms with Crippen molar-refractivity contribution < 1.29 is 30.6 Å². The number of furan rings is 1. The van der Waals surface area contributed by atoms with Gasteiger partial charge in [-0.05, 0) is 69.5 Å². The maximum absolute atomic E-state index is 11.9. The van der Waals surface area contributed by atoms with Crippen LogP contribution in [0.15, 0.2) is 168 Å². The molecular weight excluding hydrogens is 942 g/mol. The van der Waals surface area contributed by atoms with Crippen molar-refractivity contribution in [3.8, 4) is 67.6 Å². The van der Waals surface area contributed by atoms with Gasteiger partial charge in [-0.15, -0.1) is 18.2 Å². The molecule has 0 aliphatic heterocycles. The van der Waals surface area contributed by atoms with Gasteiger partial charge in [-0.1, -0.05) is 168 Å². The molecule has 3 aromatic heterocycles. The molecule has 308 valence electrons. The Balaban J connectivity index is 0.00000490. The Bertz CT molecular complexity index is 3280. The van der Waals surface area contributed by atoms with Crippen molar-refractivity contribution in [2.24, 2.45) is 0 Å². The van der Waals surface area contributed by atoms with Crippen molar-refractivity contribution in [2.75, 3.05) is 0 Å². The number of aromatic nitrogens is 3. The van der Waals surface area contributed by atoms with E-state index in [2.05, 4.69) is 180 Å². The van der Waals surface area contributed by atoms with E-state index < -0.39 is 0 Å². The molecule has 0 unspecified atom stereocenters. The molecule has 0 spiro atoms. The number of fused-ring (bicyclic) bond motifs is 4.